The van der Waals surface area contributed by atoms with Crippen LogP contribution in [0.1, 0.15) is 106 Å². The highest BCUT2D eigenvalue weighted by atomic mass is 32.1. The fourth-order valence-corrected chi connectivity index (χ4v) is 7.55. The summed E-state index contributed by atoms with van der Waals surface area (Å²) in [6.45, 7) is 9.27. The third-order valence-electron chi connectivity index (χ3n) is 9.29. The van der Waals surface area contributed by atoms with Gasteiger partial charge in [-0.05, 0) is 77.6 Å². The van der Waals surface area contributed by atoms with Crippen LogP contribution in [0, 0.1) is 40.9 Å². The summed E-state index contributed by atoms with van der Waals surface area (Å²) in [4.78, 5) is 39.7. The monoisotopic (exact) mass is 627 g/mol. The van der Waals surface area contributed by atoms with E-state index in [9.17, 15) is 19.5 Å². The number of aromatic carboxylic acids is 1. The second-order valence-electron chi connectivity index (χ2n) is 14.1. The van der Waals surface area contributed by atoms with Crippen LogP contribution >= 0.6 is 11.3 Å². The van der Waals surface area contributed by atoms with Gasteiger partial charge in [0, 0.05) is 23.4 Å². The largest absolute Gasteiger partial charge is 0.477 e. The lowest BCUT2D eigenvalue weighted by atomic mass is 9.81. The summed E-state index contributed by atoms with van der Waals surface area (Å²) in [7, 11) is 0. The molecule has 0 radical (unpaired) electrons. The normalized spacial score (nSPS) is 30.6. The molecule has 2 aliphatic carbocycles. The van der Waals surface area contributed by atoms with E-state index in [1.807, 2.05) is 27.0 Å². The quantitative estimate of drug-likeness (QED) is 0.206. The first-order valence-corrected chi connectivity index (χ1v) is 17.0. The van der Waals surface area contributed by atoms with Crippen LogP contribution in [0.4, 0.5) is 10.5 Å². The minimum absolute atomic E-state index is 0.0199. The summed E-state index contributed by atoms with van der Waals surface area (Å²) < 4.78 is 18.4. The summed E-state index contributed by atoms with van der Waals surface area (Å²) in [5.74, 6) is 6.37. The van der Waals surface area contributed by atoms with Crippen LogP contribution in [0.2, 0.25) is 0 Å². The first-order chi connectivity index (χ1) is 20.9. The van der Waals surface area contributed by atoms with Gasteiger partial charge in [-0.3, -0.25) is 0 Å². The number of amides is 2. The van der Waals surface area contributed by atoms with Crippen molar-refractivity contribution in [3.63, 3.8) is 0 Å². The maximum Gasteiger partial charge on any atom is 0.407 e. The molecule has 1 aromatic rings. The predicted molar refractivity (Wildman–Crippen MR) is 167 cm³/mol. The van der Waals surface area contributed by atoms with E-state index in [1.54, 1.807) is 10.6 Å². The molecule has 10 heteroatoms. The number of hydrogen-bond acceptors (Lipinski definition) is 7. The van der Waals surface area contributed by atoms with Gasteiger partial charge in [-0.25, -0.2) is 14.4 Å². The lowest BCUT2D eigenvalue weighted by Crippen LogP contribution is -2.41. The van der Waals surface area contributed by atoms with Gasteiger partial charge in [0.05, 0.1) is 30.4 Å². The molecule has 3 unspecified atom stereocenters. The zero-order valence-electron chi connectivity index (χ0n) is 26.4. The molecule has 4 fully saturated rings. The highest BCUT2D eigenvalue weighted by molar-refractivity contribution is 7.15. The average Bonchev–Trinajstić information content (AvgIpc) is 3.70. The van der Waals surface area contributed by atoms with Crippen molar-refractivity contribution in [3.05, 3.63) is 15.8 Å². The molecule has 9 nitrogen and oxygen atoms in total. The summed E-state index contributed by atoms with van der Waals surface area (Å²) >= 11 is 1.12. The van der Waals surface area contributed by atoms with Gasteiger partial charge >= 0.3 is 18.0 Å². The molecule has 5 rings (SSSR count). The number of hydrogen-bond donors (Lipinski definition) is 2. The number of fused-ring (bicyclic) bond motifs is 1. The first kappa shape index (κ1) is 32.6. The van der Waals surface area contributed by atoms with Gasteiger partial charge in [-0.15, -0.1) is 15.9 Å². The molecule has 0 spiro atoms. The van der Waals surface area contributed by atoms with Gasteiger partial charge in [0.2, 0.25) is 5.69 Å². The van der Waals surface area contributed by atoms with Gasteiger partial charge in [-0.2, -0.15) is 0 Å². The molecule has 0 aromatic carbocycles. The smallest absolute Gasteiger partial charge is 0.407 e. The van der Waals surface area contributed by atoms with Gasteiger partial charge in [0.15, 0.2) is 17.4 Å². The lowest BCUT2D eigenvalue weighted by molar-refractivity contribution is -0.366. The van der Waals surface area contributed by atoms with Gasteiger partial charge in [0.25, 0.3) is 0 Å². The third-order valence-corrected chi connectivity index (χ3v) is 10.3. The molecule has 3 heterocycles. The Morgan fingerprint density at radius 3 is 2.50 bits per heavy atom. The highest BCUT2D eigenvalue weighted by Crippen LogP contribution is 2.35. The van der Waals surface area contributed by atoms with E-state index in [1.165, 1.54) is 0 Å². The minimum Gasteiger partial charge on any atom is -0.477 e. The van der Waals surface area contributed by atoms with E-state index in [2.05, 4.69) is 24.1 Å². The minimum atomic E-state index is -1.05. The van der Waals surface area contributed by atoms with E-state index >= 15 is 0 Å². The maximum absolute atomic E-state index is 13.9. The van der Waals surface area contributed by atoms with E-state index in [0.717, 1.165) is 69.1 Å². The summed E-state index contributed by atoms with van der Waals surface area (Å²) in [5.41, 5.74) is 0.177. The Labute approximate surface area is 264 Å². The summed E-state index contributed by atoms with van der Waals surface area (Å²) in [6.07, 6.45) is 9.50. The Morgan fingerprint density at radius 1 is 1.09 bits per heavy atom. The highest BCUT2D eigenvalue weighted by Gasteiger charge is 2.44. The van der Waals surface area contributed by atoms with Gasteiger partial charge < -0.3 is 24.6 Å². The number of nitrogens with zero attached hydrogens (tertiary/aromatic N) is 1. The second-order valence-corrected chi connectivity index (χ2v) is 15.2. The van der Waals surface area contributed by atoms with Crippen molar-refractivity contribution >= 4 is 41.2 Å². The van der Waals surface area contributed by atoms with E-state index in [0.29, 0.717) is 42.0 Å². The third kappa shape index (κ3) is 8.49. The zero-order chi connectivity index (χ0) is 31.4. The van der Waals surface area contributed by atoms with Crippen LogP contribution in [-0.4, -0.2) is 65.5 Å². The number of thiophene rings is 1. The number of carbonyl (C=O) groups is 3. The van der Waals surface area contributed by atoms with Crippen molar-refractivity contribution in [2.75, 3.05) is 13.2 Å². The molecule has 0 bridgehead atoms. The van der Waals surface area contributed by atoms with Crippen molar-refractivity contribution in [1.29, 1.82) is 0 Å². The van der Waals surface area contributed by atoms with Gasteiger partial charge in [0.1, 0.15) is 6.10 Å². The average molecular weight is 628 g/mol. The number of rotatable bonds is 7. The molecule has 1 aromatic heterocycles. The molecule has 3 atom stereocenters. The van der Waals surface area contributed by atoms with Crippen molar-refractivity contribution in [2.24, 2.45) is 29.1 Å². The van der Waals surface area contributed by atoms with Crippen LogP contribution in [0.5, 0.6) is 0 Å². The van der Waals surface area contributed by atoms with Crippen LogP contribution in [0.3, 0.4) is 0 Å². The number of carboxylic acid groups (broad SMARTS) is 1. The summed E-state index contributed by atoms with van der Waals surface area (Å²) in [5, 5.41) is 13.1. The Morgan fingerprint density at radius 2 is 1.82 bits per heavy atom. The number of ether oxygens (including phenoxy) is 3. The van der Waals surface area contributed by atoms with Gasteiger partial charge in [-0.1, -0.05) is 31.6 Å². The van der Waals surface area contributed by atoms with Crippen LogP contribution in [0.15, 0.2) is 6.07 Å². The number of carboxylic acids is 1. The predicted octanol–water partition coefficient (Wildman–Crippen LogP) is 6.35. The van der Waals surface area contributed by atoms with E-state index in [4.69, 9.17) is 14.2 Å². The maximum atomic E-state index is 13.9. The second kappa shape index (κ2) is 14.1. The van der Waals surface area contributed by atoms with Crippen molar-refractivity contribution in [1.82, 2.24) is 5.32 Å². The Bertz CT molecular complexity index is 1300. The first-order valence-electron chi connectivity index (χ1n) is 16.2. The van der Waals surface area contributed by atoms with Crippen molar-refractivity contribution < 1.29 is 38.3 Å². The number of nitrogens with one attached hydrogen (secondary N) is 1. The van der Waals surface area contributed by atoms with Crippen LogP contribution in [-0.2, 0) is 19.0 Å². The van der Waals surface area contributed by atoms with E-state index < -0.39 is 12.1 Å². The molecule has 44 heavy (non-hydrogen) atoms. The molecular weight excluding hydrogens is 580 g/mol. The number of carbonyl (C=O) groups excluding carboxylic acids is 2. The van der Waals surface area contributed by atoms with Crippen molar-refractivity contribution in [3.8, 4) is 11.8 Å². The molecule has 2 amide bonds. The molecule has 2 saturated carbocycles. The Kier molecular flexibility index (Phi) is 10.5. The zero-order valence-corrected chi connectivity index (χ0v) is 27.3. The molecule has 240 valence electrons. The SMILES string of the molecule is CC1CCC(CC(=O)[N+](=CC2CCC(NC(=O)OC3COC4OCCC34)CC2)c2cc(C#CC(C)(C)C)sc2C(=O)O)CC1. The van der Waals surface area contributed by atoms with Crippen LogP contribution in [0.25, 0.3) is 0 Å². The molecule has 2 N–H and O–H groups in total. The Balaban J connectivity index is 1.28. The lowest BCUT2D eigenvalue weighted by Gasteiger charge is -2.27. The topological polar surface area (TPSA) is 114 Å². The summed E-state index contributed by atoms with van der Waals surface area (Å²) in [6, 6.07) is 1.74. The standard InChI is InChI=1S/C34H46N2O7S/c1-21-5-7-22(8-6-21)17-29(37)36(27-18-25(13-15-34(2,3)4)44-30(27)31(38)39)19-23-9-11-24(12-10-23)35-33(40)43-28-20-42-32-26(28)14-16-41-32/h18-19,21-24,26,28,32H,5-12,14,16-17,20H2,1-4H3,(H-,35,38,39,40)/p+1. The molecule has 2 aliphatic heterocycles. The van der Waals surface area contributed by atoms with Crippen molar-refractivity contribution in [2.45, 2.75) is 110 Å². The van der Waals surface area contributed by atoms with Crippen LogP contribution < -0.4 is 5.32 Å². The fraction of sp³-hybridized carbons (Fsp3) is 0.706. The Hall–Kier alpha value is -2.74. The molecule has 2 saturated heterocycles. The molecule has 4 aliphatic rings. The fourth-order valence-electron chi connectivity index (χ4n) is 6.71. The number of alkyl carbamates (subject to hydrolysis) is 1. The van der Waals surface area contributed by atoms with E-state index in [-0.39, 0.29) is 46.5 Å². The molecular formula is C34H47N2O7S+.